The first-order chi connectivity index (χ1) is 7.60. The quantitative estimate of drug-likeness (QED) is 0.612. The molecule has 5 heteroatoms. The second kappa shape index (κ2) is 5.39. The Morgan fingerprint density at radius 1 is 1.56 bits per heavy atom. The van der Waals surface area contributed by atoms with Crippen LogP contribution in [-0.4, -0.2) is 17.5 Å². The summed E-state index contributed by atoms with van der Waals surface area (Å²) in [5, 5.41) is 2.82. The normalized spacial score (nSPS) is 9.38. The first-order valence-electron chi connectivity index (χ1n) is 4.68. The Morgan fingerprint density at radius 3 is 2.75 bits per heavy atom. The van der Waals surface area contributed by atoms with Crippen LogP contribution in [0.25, 0.3) is 5.70 Å². The van der Waals surface area contributed by atoms with Crippen molar-refractivity contribution in [3.8, 4) is 0 Å². The molecule has 0 aromatic heterocycles. The fraction of sp³-hybridized carbons (Fsp3) is 0.182. The summed E-state index contributed by atoms with van der Waals surface area (Å²) in [5.74, 6) is 1.30. The zero-order chi connectivity index (χ0) is 12.1. The number of hydrogen-bond acceptors (Lipinski definition) is 3. The second-order valence-electron chi connectivity index (χ2n) is 3.06. The van der Waals surface area contributed by atoms with E-state index in [1.54, 1.807) is 5.94 Å². The van der Waals surface area contributed by atoms with E-state index in [1.165, 1.54) is 18.2 Å². The van der Waals surface area contributed by atoms with E-state index < -0.39 is 5.82 Å². The molecule has 0 aliphatic carbocycles. The maximum absolute atomic E-state index is 13.0. The summed E-state index contributed by atoms with van der Waals surface area (Å²) in [6, 6.07) is 3.89. The van der Waals surface area contributed by atoms with Gasteiger partial charge in [0.1, 0.15) is 16.5 Å². The van der Waals surface area contributed by atoms with E-state index in [4.69, 9.17) is 18.0 Å². The number of nitrogens with two attached hydrogens (primary N) is 1. The van der Waals surface area contributed by atoms with Gasteiger partial charge in [0, 0.05) is 17.7 Å². The van der Waals surface area contributed by atoms with Crippen molar-refractivity contribution >= 4 is 28.8 Å². The lowest BCUT2D eigenvalue weighted by Crippen LogP contribution is -2.18. The van der Waals surface area contributed by atoms with Crippen LogP contribution in [-0.2, 0) is 4.79 Å². The van der Waals surface area contributed by atoms with E-state index in [9.17, 15) is 9.18 Å². The Labute approximate surface area is 98.1 Å². The van der Waals surface area contributed by atoms with Crippen molar-refractivity contribution in [3.05, 3.63) is 35.1 Å². The second-order valence-corrected chi connectivity index (χ2v) is 3.50. The van der Waals surface area contributed by atoms with Crippen LogP contribution in [0.4, 0.5) is 4.39 Å². The summed E-state index contributed by atoms with van der Waals surface area (Å²) in [5.41, 5.74) is 6.48. The summed E-state index contributed by atoms with van der Waals surface area (Å²) < 4.78 is 13.0. The average Bonchev–Trinajstić information content (AvgIpc) is 2.26. The summed E-state index contributed by atoms with van der Waals surface area (Å²) in [6.45, 7) is 2.39. The first kappa shape index (κ1) is 12.4. The van der Waals surface area contributed by atoms with Crippen molar-refractivity contribution in [2.24, 2.45) is 5.73 Å². The van der Waals surface area contributed by atoms with Gasteiger partial charge in [0.05, 0.1) is 0 Å². The van der Waals surface area contributed by atoms with Gasteiger partial charge in [-0.15, -0.1) is 0 Å². The first-order valence-corrected chi connectivity index (χ1v) is 5.09. The molecule has 3 nitrogen and oxygen atoms in total. The Hall–Kier alpha value is -1.71. The Balaban J connectivity index is 3.32. The number of hydrogen-bond donors (Lipinski definition) is 2. The average molecular weight is 238 g/mol. The lowest BCUT2D eigenvalue weighted by Gasteiger charge is -2.10. The third kappa shape index (κ3) is 2.66. The number of rotatable bonds is 4. The van der Waals surface area contributed by atoms with Gasteiger partial charge in [0.25, 0.3) is 0 Å². The van der Waals surface area contributed by atoms with Crippen LogP contribution in [0.3, 0.4) is 0 Å². The number of thiocarbonyl (C=S) groups is 1. The van der Waals surface area contributed by atoms with E-state index in [0.29, 0.717) is 17.7 Å². The number of nitrogens with one attached hydrogen (secondary N) is 1. The molecule has 16 heavy (non-hydrogen) atoms. The van der Waals surface area contributed by atoms with Gasteiger partial charge in [-0.25, -0.2) is 9.18 Å². The molecule has 0 bridgehead atoms. The highest BCUT2D eigenvalue weighted by Crippen LogP contribution is 2.16. The summed E-state index contributed by atoms with van der Waals surface area (Å²) in [4.78, 5) is 10.8. The lowest BCUT2D eigenvalue weighted by molar-refractivity contribution is 0.568. The number of halogens is 1. The number of benzene rings is 1. The van der Waals surface area contributed by atoms with Gasteiger partial charge in [0.2, 0.25) is 0 Å². The van der Waals surface area contributed by atoms with E-state index in [2.05, 4.69) is 5.32 Å². The predicted molar refractivity (Wildman–Crippen MR) is 65.1 cm³/mol. The van der Waals surface area contributed by atoms with Gasteiger partial charge in [-0.1, -0.05) is 12.2 Å². The zero-order valence-corrected chi connectivity index (χ0v) is 9.53. The minimum atomic E-state index is -0.451. The highest BCUT2D eigenvalue weighted by Gasteiger charge is 2.11. The Kier molecular flexibility index (Phi) is 4.17. The lowest BCUT2D eigenvalue weighted by atomic mass is 10.0. The molecule has 1 rings (SSSR count). The van der Waals surface area contributed by atoms with Gasteiger partial charge < -0.3 is 11.1 Å². The van der Waals surface area contributed by atoms with Gasteiger partial charge in [-0.3, -0.25) is 0 Å². The number of carbonyl (C=O) groups excluding carboxylic acids is 1. The Morgan fingerprint density at radius 2 is 2.25 bits per heavy atom. The van der Waals surface area contributed by atoms with Gasteiger partial charge in [0.15, 0.2) is 5.94 Å². The van der Waals surface area contributed by atoms with Gasteiger partial charge in [-0.2, -0.15) is 0 Å². The van der Waals surface area contributed by atoms with E-state index in [-0.39, 0.29) is 10.7 Å². The van der Waals surface area contributed by atoms with Crippen LogP contribution in [0.5, 0.6) is 0 Å². The molecule has 0 amide bonds. The third-order valence-corrected chi connectivity index (χ3v) is 2.19. The molecular formula is C11H11FN2OS. The summed E-state index contributed by atoms with van der Waals surface area (Å²) >= 11 is 4.80. The molecule has 0 heterocycles. The fourth-order valence-corrected chi connectivity index (χ4v) is 1.47. The van der Waals surface area contributed by atoms with Crippen molar-refractivity contribution in [1.29, 1.82) is 0 Å². The molecule has 0 atom stereocenters. The van der Waals surface area contributed by atoms with Crippen LogP contribution < -0.4 is 11.1 Å². The SMILES string of the molecule is CCNC(=C=O)c1ccc(F)cc1C(N)=S. The van der Waals surface area contributed by atoms with Crippen LogP contribution in [0, 0.1) is 5.82 Å². The zero-order valence-electron chi connectivity index (χ0n) is 8.71. The summed E-state index contributed by atoms with van der Waals surface area (Å²) in [6.07, 6.45) is 0. The monoisotopic (exact) mass is 238 g/mol. The molecule has 3 N–H and O–H groups in total. The molecule has 0 radical (unpaired) electrons. The molecule has 84 valence electrons. The van der Waals surface area contributed by atoms with Gasteiger partial charge in [-0.05, 0) is 25.1 Å². The highest BCUT2D eigenvalue weighted by atomic mass is 32.1. The third-order valence-electron chi connectivity index (χ3n) is 1.97. The molecule has 0 saturated carbocycles. The van der Waals surface area contributed by atoms with Crippen LogP contribution in [0.1, 0.15) is 18.1 Å². The van der Waals surface area contributed by atoms with Crippen molar-refractivity contribution < 1.29 is 9.18 Å². The molecule has 0 aliphatic rings. The maximum atomic E-state index is 13.0. The molecule has 0 spiro atoms. The molecule has 1 aromatic carbocycles. The fourth-order valence-electron chi connectivity index (χ4n) is 1.30. The van der Waals surface area contributed by atoms with E-state index in [1.807, 2.05) is 6.92 Å². The molecule has 0 unspecified atom stereocenters. The van der Waals surface area contributed by atoms with Crippen LogP contribution in [0.2, 0.25) is 0 Å². The van der Waals surface area contributed by atoms with E-state index in [0.717, 1.165) is 0 Å². The van der Waals surface area contributed by atoms with Crippen molar-refractivity contribution in [3.63, 3.8) is 0 Å². The minimum Gasteiger partial charge on any atom is -0.389 e. The van der Waals surface area contributed by atoms with Crippen LogP contribution >= 0.6 is 12.2 Å². The minimum absolute atomic E-state index is 0.0418. The standard InChI is InChI=1S/C11H11FN2OS/c1-2-14-10(6-15)8-4-3-7(12)5-9(8)11(13)16/h3-5,14H,2H2,1H3,(H2,13,16). The summed E-state index contributed by atoms with van der Waals surface area (Å²) in [7, 11) is 0. The topological polar surface area (TPSA) is 55.1 Å². The van der Waals surface area contributed by atoms with Crippen molar-refractivity contribution in [2.75, 3.05) is 6.54 Å². The largest absolute Gasteiger partial charge is 0.389 e. The molecule has 0 aliphatic heterocycles. The molecule has 0 fully saturated rings. The maximum Gasteiger partial charge on any atom is 0.150 e. The predicted octanol–water partition coefficient (Wildman–Crippen LogP) is 1.24. The molecule has 1 aromatic rings. The van der Waals surface area contributed by atoms with Crippen molar-refractivity contribution in [1.82, 2.24) is 5.32 Å². The highest BCUT2D eigenvalue weighted by molar-refractivity contribution is 7.80. The van der Waals surface area contributed by atoms with Crippen LogP contribution in [0.15, 0.2) is 18.2 Å². The van der Waals surface area contributed by atoms with Crippen molar-refractivity contribution in [2.45, 2.75) is 6.92 Å². The van der Waals surface area contributed by atoms with Gasteiger partial charge >= 0.3 is 0 Å². The molecular weight excluding hydrogens is 227 g/mol. The smallest absolute Gasteiger partial charge is 0.150 e. The van der Waals surface area contributed by atoms with E-state index >= 15 is 0 Å². The molecule has 0 saturated heterocycles. The Bertz CT molecular complexity index is 467.